The summed E-state index contributed by atoms with van der Waals surface area (Å²) in [7, 11) is 0. The number of rotatable bonds is 4. The van der Waals surface area contributed by atoms with Crippen LogP contribution in [0.25, 0.3) is 0 Å². The summed E-state index contributed by atoms with van der Waals surface area (Å²) in [6, 6.07) is 8.08. The molecular formula is C15H18ClNOS. The molecule has 0 saturated heterocycles. The molecule has 2 rings (SSSR count). The van der Waals surface area contributed by atoms with Gasteiger partial charge in [0, 0.05) is 21.3 Å². The third-order valence-electron chi connectivity index (χ3n) is 2.98. The molecule has 1 heterocycles. The number of ether oxygens (including phenoxy) is 1. The van der Waals surface area contributed by atoms with Gasteiger partial charge in [-0.05, 0) is 56.2 Å². The molecule has 2 N–H and O–H groups in total. The minimum atomic E-state index is -0.0984. The van der Waals surface area contributed by atoms with Gasteiger partial charge < -0.3 is 10.5 Å². The fourth-order valence-corrected chi connectivity index (χ4v) is 3.02. The van der Waals surface area contributed by atoms with E-state index in [9.17, 15) is 0 Å². The van der Waals surface area contributed by atoms with Gasteiger partial charge in [-0.15, -0.1) is 11.3 Å². The summed E-state index contributed by atoms with van der Waals surface area (Å²) in [4.78, 5) is 2.42. The number of thiophene rings is 1. The first-order valence-corrected chi connectivity index (χ1v) is 7.40. The molecule has 1 aromatic carbocycles. The van der Waals surface area contributed by atoms with Crippen LogP contribution in [0.3, 0.4) is 0 Å². The Morgan fingerprint density at radius 1 is 1.21 bits per heavy atom. The molecule has 102 valence electrons. The van der Waals surface area contributed by atoms with Crippen molar-refractivity contribution in [3.8, 4) is 5.75 Å². The smallest absolute Gasteiger partial charge is 0.145 e. The minimum absolute atomic E-state index is 0.0984. The van der Waals surface area contributed by atoms with E-state index in [0.717, 1.165) is 26.8 Å². The zero-order valence-electron chi connectivity index (χ0n) is 11.4. The molecule has 2 nitrogen and oxygen atoms in total. The van der Waals surface area contributed by atoms with Crippen LogP contribution in [0.2, 0.25) is 5.02 Å². The predicted octanol–water partition coefficient (Wildman–Crippen LogP) is 4.41. The highest BCUT2D eigenvalue weighted by Gasteiger charge is 2.14. The second-order valence-electron chi connectivity index (χ2n) is 4.66. The average molecular weight is 296 g/mol. The van der Waals surface area contributed by atoms with Crippen LogP contribution < -0.4 is 10.5 Å². The lowest BCUT2D eigenvalue weighted by molar-refractivity contribution is 0.218. The first-order valence-electron chi connectivity index (χ1n) is 6.21. The Morgan fingerprint density at radius 3 is 2.32 bits per heavy atom. The van der Waals surface area contributed by atoms with Crippen molar-refractivity contribution < 1.29 is 4.74 Å². The lowest BCUT2D eigenvalue weighted by Crippen LogP contribution is -2.17. The molecule has 19 heavy (non-hydrogen) atoms. The highest BCUT2D eigenvalue weighted by atomic mass is 35.5. The van der Waals surface area contributed by atoms with E-state index in [0.29, 0.717) is 6.54 Å². The topological polar surface area (TPSA) is 35.2 Å². The summed E-state index contributed by atoms with van der Waals surface area (Å²) in [5.41, 5.74) is 7.87. The van der Waals surface area contributed by atoms with Gasteiger partial charge in [-0.25, -0.2) is 0 Å². The van der Waals surface area contributed by atoms with Crippen molar-refractivity contribution in [3.63, 3.8) is 0 Å². The summed E-state index contributed by atoms with van der Waals surface area (Å²) in [5.74, 6) is 0.820. The average Bonchev–Trinajstić information content (AvgIpc) is 2.79. The van der Waals surface area contributed by atoms with Crippen LogP contribution in [0.1, 0.15) is 27.0 Å². The molecule has 0 aliphatic heterocycles. The first-order chi connectivity index (χ1) is 9.01. The molecule has 0 aliphatic rings. The first kappa shape index (κ1) is 14.4. The van der Waals surface area contributed by atoms with Gasteiger partial charge in [0.1, 0.15) is 11.9 Å². The molecule has 0 amide bonds. The van der Waals surface area contributed by atoms with Gasteiger partial charge in [-0.1, -0.05) is 11.6 Å². The highest BCUT2D eigenvalue weighted by molar-refractivity contribution is 7.12. The Labute approximate surface area is 123 Å². The summed E-state index contributed by atoms with van der Waals surface area (Å²) in [6.07, 6.45) is -0.0984. The molecule has 0 bridgehead atoms. The van der Waals surface area contributed by atoms with Crippen molar-refractivity contribution in [2.75, 3.05) is 6.54 Å². The SMILES string of the molecule is Cc1ccc(C(CN)Oc2cc(C)c(Cl)c(C)c2)s1. The van der Waals surface area contributed by atoms with E-state index < -0.39 is 0 Å². The van der Waals surface area contributed by atoms with Crippen LogP contribution in [-0.4, -0.2) is 6.54 Å². The number of hydrogen-bond acceptors (Lipinski definition) is 3. The third kappa shape index (κ3) is 3.30. The Morgan fingerprint density at radius 2 is 1.84 bits per heavy atom. The number of halogens is 1. The maximum absolute atomic E-state index is 6.16. The summed E-state index contributed by atoms with van der Waals surface area (Å²) >= 11 is 7.88. The van der Waals surface area contributed by atoms with Crippen molar-refractivity contribution >= 4 is 22.9 Å². The molecule has 2 aromatic rings. The van der Waals surface area contributed by atoms with Gasteiger partial charge >= 0.3 is 0 Å². The van der Waals surface area contributed by atoms with Crippen molar-refractivity contribution in [1.82, 2.24) is 0 Å². The lowest BCUT2D eigenvalue weighted by Gasteiger charge is -2.17. The highest BCUT2D eigenvalue weighted by Crippen LogP contribution is 2.30. The zero-order valence-corrected chi connectivity index (χ0v) is 12.9. The van der Waals surface area contributed by atoms with Gasteiger partial charge in [-0.2, -0.15) is 0 Å². The standard InChI is InChI=1S/C15H18ClNOS/c1-9-6-12(7-10(2)15(9)16)18-13(8-17)14-5-4-11(3)19-14/h4-7,13H,8,17H2,1-3H3. The van der Waals surface area contributed by atoms with Gasteiger partial charge in [0.2, 0.25) is 0 Å². The lowest BCUT2D eigenvalue weighted by atomic mass is 10.1. The molecule has 0 aliphatic carbocycles. The fourth-order valence-electron chi connectivity index (χ4n) is 1.99. The van der Waals surface area contributed by atoms with E-state index in [1.54, 1.807) is 11.3 Å². The van der Waals surface area contributed by atoms with E-state index in [1.165, 1.54) is 4.88 Å². The van der Waals surface area contributed by atoms with E-state index in [2.05, 4.69) is 19.1 Å². The normalized spacial score (nSPS) is 12.5. The molecule has 0 radical (unpaired) electrons. The van der Waals surface area contributed by atoms with Crippen molar-refractivity contribution in [1.29, 1.82) is 0 Å². The maximum Gasteiger partial charge on any atom is 0.145 e. The largest absolute Gasteiger partial charge is 0.484 e. The Kier molecular flexibility index (Phi) is 4.50. The molecular weight excluding hydrogens is 278 g/mol. The van der Waals surface area contributed by atoms with Crippen molar-refractivity contribution in [2.45, 2.75) is 26.9 Å². The Hall–Kier alpha value is -1.03. The van der Waals surface area contributed by atoms with E-state index in [1.807, 2.05) is 26.0 Å². The number of nitrogens with two attached hydrogens (primary N) is 1. The predicted molar refractivity (Wildman–Crippen MR) is 82.4 cm³/mol. The van der Waals surface area contributed by atoms with Crippen LogP contribution in [-0.2, 0) is 0 Å². The quantitative estimate of drug-likeness (QED) is 0.907. The molecule has 0 fully saturated rings. The van der Waals surface area contributed by atoms with Gasteiger partial charge in [0.15, 0.2) is 0 Å². The van der Waals surface area contributed by atoms with E-state index in [4.69, 9.17) is 22.1 Å². The Bertz CT molecular complexity index is 556. The van der Waals surface area contributed by atoms with Crippen LogP contribution in [0.15, 0.2) is 24.3 Å². The van der Waals surface area contributed by atoms with Crippen LogP contribution in [0.4, 0.5) is 0 Å². The summed E-state index contributed by atoms with van der Waals surface area (Å²) in [6.45, 7) is 6.50. The minimum Gasteiger partial charge on any atom is -0.484 e. The van der Waals surface area contributed by atoms with Gasteiger partial charge in [0.25, 0.3) is 0 Å². The fraction of sp³-hybridized carbons (Fsp3) is 0.333. The second-order valence-corrected chi connectivity index (χ2v) is 6.36. The molecule has 1 atom stereocenters. The molecule has 1 aromatic heterocycles. The zero-order chi connectivity index (χ0) is 14.0. The van der Waals surface area contributed by atoms with Crippen molar-refractivity contribution in [3.05, 3.63) is 50.2 Å². The number of aryl methyl sites for hydroxylation is 3. The maximum atomic E-state index is 6.16. The van der Waals surface area contributed by atoms with Crippen molar-refractivity contribution in [2.24, 2.45) is 5.73 Å². The number of benzene rings is 1. The van der Waals surface area contributed by atoms with Gasteiger partial charge in [0.05, 0.1) is 0 Å². The van der Waals surface area contributed by atoms with E-state index in [-0.39, 0.29) is 6.10 Å². The summed E-state index contributed by atoms with van der Waals surface area (Å²) < 4.78 is 6.01. The number of hydrogen-bond donors (Lipinski definition) is 1. The van der Waals surface area contributed by atoms with Crippen LogP contribution in [0.5, 0.6) is 5.75 Å². The van der Waals surface area contributed by atoms with Crippen LogP contribution >= 0.6 is 22.9 Å². The third-order valence-corrected chi connectivity index (χ3v) is 4.67. The summed E-state index contributed by atoms with van der Waals surface area (Å²) in [5, 5.41) is 0.795. The van der Waals surface area contributed by atoms with Crippen LogP contribution in [0, 0.1) is 20.8 Å². The Balaban J connectivity index is 2.23. The van der Waals surface area contributed by atoms with Gasteiger partial charge in [-0.3, -0.25) is 0 Å². The molecule has 1 unspecified atom stereocenters. The molecule has 0 spiro atoms. The monoisotopic (exact) mass is 295 g/mol. The van der Waals surface area contributed by atoms with E-state index >= 15 is 0 Å². The molecule has 0 saturated carbocycles. The second kappa shape index (κ2) is 5.95. The molecule has 4 heteroatoms.